The topological polar surface area (TPSA) is 72.2 Å². The van der Waals surface area contributed by atoms with Crippen molar-refractivity contribution in [1.82, 2.24) is 9.55 Å². The number of aromatic nitrogens is 2. The average molecular weight is 204 g/mol. The van der Waals surface area contributed by atoms with Crippen LogP contribution in [0.1, 0.15) is 11.5 Å². The molecule has 0 spiro atoms. The van der Waals surface area contributed by atoms with E-state index < -0.39 is 10.1 Å². The highest BCUT2D eigenvalue weighted by molar-refractivity contribution is 7.85. The molecule has 6 heteroatoms. The summed E-state index contributed by atoms with van der Waals surface area (Å²) in [6, 6.07) is 0. The van der Waals surface area contributed by atoms with Gasteiger partial charge in [0, 0.05) is 12.7 Å². The Balaban J connectivity index is 2.70. The highest BCUT2D eigenvalue weighted by Gasteiger charge is 2.06. The molecule has 0 unspecified atom stereocenters. The first-order valence-corrected chi connectivity index (χ1v) is 5.45. The minimum absolute atomic E-state index is 0.242. The van der Waals surface area contributed by atoms with E-state index in [2.05, 4.69) is 4.98 Å². The lowest BCUT2D eigenvalue weighted by Gasteiger charge is -2.01. The number of hydrogen-bond donors (Lipinski definition) is 1. The first-order valence-electron chi connectivity index (χ1n) is 3.84. The van der Waals surface area contributed by atoms with Gasteiger partial charge < -0.3 is 4.57 Å². The molecule has 1 N–H and O–H groups in total. The third-order valence-corrected chi connectivity index (χ3v) is 2.39. The summed E-state index contributed by atoms with van der Waals surface area (Å²) in [7, 11) is -3.88. The minimum Gasteiger partial charge on any atom is -0.334 e. The fraction of sp³-hybridized carbons (Fsp3) is 0.571. The maximum absolute atomic E-state index is 10.4. The van der Waals surface area contributed by atoms with E-state index in [4.69, 9.17) is 4.55 Å². The van der Waals surface area contributed by atoms with Crippen LogP contribution in [0.3, 0.4) is 0 Å². The molecule has 0 fully saturated rings. The first kappa shape index (κ1) is 10.2. The lowest BCUT2D eigenvalue weighted by Crippen LogP contribution is -2.11. The molecule has 0 aliphatic carbocycles. The zero-order valence-electron chi connectivity index (χ0n) is 7.56. The summed E-state index contributed by atoms with van der Waals surface area (Å²) in [6.07, 6.45) is 1.75. The predicted octanol–water partition coefficient (Wildman–Crippen LogP) is 0.388. The van der Waals surface area contributed by atoms with Gasteiger partial charge in [-0.2, -0.15) is 8.42 Å². The fourth-order valence-corrected chi connectivity index (χ4v) is 1.53. The fourth-order valence-electron chi connectivity index (χ4n) is 1.11. The standard InChI is InChI=1S/C7H12N2O3S/c1-6-5-9(7(2)8-6)3-4-13(10,11)12/h5H,3-4H2,1-2H3,(H,10,11,12). The molecule has 13 heavy (non-hydrogen) atoms. The Bertz CT molecular complexity index is 394. The molecule has 0 aromatic carbocycles. The minimum atomic E-state index is -3.88. The Hall–Kier alpha value is -0.880. The Labute approximate surface area is 77.2 Å². The van der Waals surface area contributed by atoms with E-state index in [1.54, 1.807) is 17.7 Å². The number of imidazole rings is 1. The van der Waals surface area contributed by atoms with Gasteiger partial charge in [0.1, 0.15) is 5.82 Å². The van der Waals surface area contributed by atoms with Gasteiger partial charge in [-0.25, -0.2) is 4.98 Å². The lowest BCUT2D eigenvalue weighted by molar-refractivity contribution is 0.478. The van der Waals surface area contributed by atoms with Crippen LogP contribution in [0, 0.1) is 13.8 Å². The third-order valence-electron chi connectivity index (χ3n) is 1.69. The third kappa shape index (κ3) is 3.16. The van der Waals surface area contributed by atoms with Gasteiger partial charge in [-0.1, -0.05) is 0 Å². The molecule has 0 amide bonds. The van der Waals surface area contributed by atoms with E-state index in [1.807, 2.05) is 6.92 Å². The highest BCUT2D eigenvalue weighted by atomic mass is 32.2. The Kier molecular flexibility index (Phi) is 2.72. The van der Waals surface area contributed by atoms with Crippen LogP contribution in [0.15, 0.2) is 6.20 Å². The van der Waals surface area contributed by atoms with Gasteiger partial charge >= 0.3 is 0 Å². The van der Waals surface area contributed by atoms with Crippen molar-refractivity contribution in [2.75, 3.05) is 5.75 Å². The zero-order valence-corrected chi connectivity index (χ0v) is 8.37. The number of aryl methyl sites for hydroxylation is 3. The molecule has 0 aliphatic rings. The maximum Gasteiger partial charge on any atom is 0.266 e. The molecular formula is C7H12N2O3S. The first-order chi connectivity index (χ1) is 5.88. The second kappa shape index (κ2) is 3.47. The quantitative estimate of drug-likeness (QED) is 0.723. The van der Waals surface area contributed by atoms with Gasteiger partial charge in [0.05, 0.1) is 11.4 Å². The van der Waals surface area contributed by atoms with Crippen molar-refractivity contribution < 1.29 is 13.0 Å². The van der Waals surface area contributed by atoms with Gasteiger partial charge in [-0.15, -0.1) is 0 Å². The van der Waals surface area contributed by atoms with Crippen molar-refractivity contribution in [1.29, 1.82) is 0 Å². The van der Waals surface area contributed by atoms with E-state index in [0.29, 0.717) is 0 Å². The molecular weight excluding hydrogens is 192 g/mol. The van der Waals surface area contributed by atoms with Crippen LogP contribution in [-0.2, 0) is 16.7 Å². The Morgan fingerprint density at radius 2 is 2.15 bits per heavy atom. The van der Waals surface area contributed by atoms with E-state index >= 15 is 0 Å². The predicted molar refractivity (Wildman–Crippen MR) is 48.1 cm³/mol. The van der Waals surface area contributed by atoms with Crippen molar-refractivity contribution in [3.8, 4) is 0 Å². The normalized spacial score (nSPS) is 11.9. The summed E-state index contributed by atoms with van der Waals surface area (Å²) in [6.45, 7) is 3.86. The summed E-state index contributed by atoms with van der Waals surface area (Å²) in [5.74, 6) is 0.477. The van der Waals surface area contributed by atoms with Crippen LogP contribution in [-0.4, -0.2) is 28.3 Å². The van der Waals surface area contributed by atoms with Crippen LogP contribution in [0.25, 0.3) is 0 Å². The van der Waals surface area contributed by atoms with Gasteiger partial charge in [0.25, 0.3) is 10.1 Å². The van der Waals surface area contributed by atoms with Gasteiger partial charge in [-0.05, 0) is 13.8 Å². The smallest absolute Gasteiger partial charge is 0.266 e. The molecule has 0 saturated carbocycles. The molecule has 5 nitrogen and oxygen atoms in total. The van der Waals surface area contributed by atoms with Gasteiger partial charge in [0.2, 0.25) is 0 Å². The van der Waals surface area contributed by atoms with E-state index in [0.717, 1.165) is 11.5 Å². The van der Waals surface area contributed by atoms with Crippen molar-refractivity contribution >= 4 is 10.1 Å². The number of rotatable bonds is 3. The van der Waals surface area contributed by atoms with Crippen LogP contribution < -0.4 is 0 Å². The van der Waals surface area contributed by atoms with Gasteiger partial charge in [0.15, 0.2) is 0 Å². The maximum atomic E-state index is 10.4. The monoisotopic (exact) mass is 204 g/mol. The molecule has 1 heterocycles. The van der Waals surface area contributed by atoms with Crippen molar-refractivity contribution in [3.63, 3.8) is 0 Å². The Morgan fingerprint density at radius 3 is 2.54 bits per heavy atom. The van der Waals surface area contributed by atoms with Gasteiger partial charge in [-0.3, -0.25) is 4.55 Å². The molecule has 0 radical (unpaired) electrons. The van der Waals surface area contributed by atoms with E-state index in [1.165, 1.54) is 0 Å². The lowest BCUT2D eigenvalue weighted by atomic mass is 10.6. The van der Waals surface area contributed by atoms with Crippen molar-refractivity contribution in [2.24, 2.45) is 0 Å². The molecule has 1 aromatic heterocycles. The van der Waals surface area contributed by atoms with Crippen LogP contribution in [0.2, 0.25) is 0 Å². The Morgan fingerprint density at radius 1 is 1.54 bits per heavy atom. The molecule has 74 valence electrons. The van der Waals surface area contributed by atoms with Crippen LogP contribution in [0.5, 0.6) is 0 Å². The molecule has 0 bridgehead atoms. The summed E-state index contributed by atoms with van der Waals surface area (Å²) in [5.41, 5.74) is 0.841. The number of nitrogens with zero attached hydrogens (tertiary/aromatic N) is 2. The summed E-state index contributed by atoms with van der Waals surface area (Å²) in [5, 5.41) is 0. The van der Waals surface area contributed by atoms with Crippen molar-refractivity contribution in [2.45, 2.75) is 20.4 Å². The summed E-state index contributed by atoms with van der Waals surface area (Å²) >= 11 is 0. The molecule has 1 rings (SSSR count). The average Bonchev–Trinajstić information content (AvgIpc) is 2.24. The summed E-state index contributed by atoms with van der Waals surface area (Å²) < 4.78 is 31.1. The highest BCUT2D eigenvalue weighted by Crippen LogP contribution is 2.01. The molecule has 1 aromatic rings. The van der Waals surface area contributed by atoms with Crippen molar-refractivity contribution in [3.05, 3.63) is 17.7 Å². The van der Waals surface area contributed by atoms with E-state index in [9.17, 15) is 8.42 Å². The SMILES string of the molecule is Cc1cn(CCS(=O)(=O)O)c(C)n1. The largest absolute Gasteiger partial charge is 0.334 e. The number of hydrogen-bond acceptors (Lipinski definition) is 3. The summed E-state index contributed by atoms with van der Waals surface area (Å²) in [4.78, 5) is 4.10. The second-order valence-corrected chi connectivity index (χ2v) is 4.48. The van der Waals surface area contributed by atoms with E-state index in [-0.39, 0.29) is 12.3 Å². The van der Waals surface area contributed by atoms with Crippen LogP contribution >= 0.6 is 0 Å². The molecule has 0 aliphatic heterocycles. The van der Waals surface area contributed by atoms with Crippen LogP contribution in [0.4, 0.5) is 0 Å². The molecule has 0 saturated heterocycles. The zero-order chi connectivity index (χ0) is 10.1. The molecule has 0 atom stereocenters. The second-order valence-electron chi connectivity index (χ2n) is 2.91.